The molecule has 0 fully saturated rings. The molecule has 0 saturated heterocycles. The van der Waals surface area contributed by atoms with E-state index in [1.807, 2.05) is 17.7 Å². The van der Waals surface area contributed by atoms with Crippen LogP contribution in [0.25, 0.3) is 5.69 Å². The largest absolute Gasteiger partial charge is 0.394 e. The summed E-state index contributed by atoms with van der Waals surface area (Å²) in [6, 6.07) is 6.10. The van der Waals surface area contributed by atoms with Crippen molar-refractivity contribution in [3.05, 3.63) is 41.7 Å². The van der Waals surface area contributed by atoms with Gasteiger partial charge in [0.05, 0.1) is 24.1 Å². The summed E-state index contributed by atoms with van der Waals surface area (Å²) in [6.07, 6.45) is 3.66. The van der Waals surface area contributed by atoms with E-state index in [9.17, 15) is 4.79 Å². The lowest BCUT2D eigenvalue weighted by molar-refractivity contribution is -0.129. The van der Waals surface area contributed by atoms with E-state index < -0.39 is 0 Å². The van der Waals surface area contributed by atoms with E-state index >= 15 is 0 Å². The molecule has 0 radical (unpaired) electrons. The maximum atomic E-state index is 12.2. The number of benzene rings is 1. The van der Waals surface area contributed by atoms with Gasteiger partial charge in [0, 0.05) is 19.4 Å². The number of imidazole rings is 1. The monoisotopic (exact) mass is 333 g/mol. The second kappa shape index (κ2) is 7.66. The standard InChI is InChI=1S/C17H23N3O2S/c1-12-5-6-13(2)15(9-12)20-8-7-18-17(20)23-11-16(22)19(4)14(3)10-21/h5-9,14,21H,10-11H2,1-4H3. The van der Waals surface area contributed by atoms with Crippen molar-refractivity contribution >= 4 is 17.7 Å². The molecule has 0 bridgehead atoms. The Hall–Kier alpha value is -1.79. The van der Waals surface area contributed by atoms with Gasteiger partial charge in [-0.15, -0.1) is 0 Å². The lowest BCUT2D eigenvalue weighted by Crippen LogP contribution is -2.38. The van der Waals surface area contributed by atoms with Gasteiger partial charge >= 0.3 is 0 Å². The van der Waals surface area contributed by atoms with Gasteiger partial charge in [-0.25, -0.2) is 4.98 Å². The molecule has 0 aliphatic carbocycles. The minimum absolute atomic E-state index is 0.0212. The lowest BCUT2D eigenvalue weighted by atomic mass is 10.1. The third kappa shape index (κ3) is 4.14. The number of aryl methyl sites for hydroxylation is 2. The van der Waals surface area contributed by atoms with Crippen LogP contribution in [-0.2, 0) is 4.79 Å². The van der Waals surface area contributed by atoms with Crippen molar-refractivity contribution in [1.82, 2.24) is 14.5 Å². The molecule has 0 spiro atoms. The van der Waals surface area contributed by atoms with E-state index in [0.717, 1.165) is 16.4 Å². The number of rotatable bonds is 6. The molecule has 2 aromatic rings. The summed E-state index contributed by atoms with van der Waals surface area (Å²) in [4.78, 5) is 18.1. The highest BCUT2D eigenvalue weighted by atomic mass is 32.2. The number of amides is 1. The zero-order chi connectivity index (χ0) is 17.0. The van der Waals surface area contributed by atoms with Gasteiger partial charge in [-0.2, -0.15) is 0 Å². The fraction of sp³-hybridized carbons (Fsp3) is 0.412. The van der Waals surface area contributed by atoms with E-state index in [4.69, 9.17) is 5.11 Å². The highest BCUT2D eigenvalue weighted by Gasteiger charge is 2.17. The Morgan fingerprint density at radius 2 is 2.17 bits per heavy atom. The van der Waals surface area contributed by atoms with Crippen molar-refractivity contribution in [1.29, 1.82) is 0 Å². The average Bonchev–Trinajstić information content (AvgIpc) is 3.01. The third-order valence-electron chi connectivity index (χ3n) is 3.87. The Morgan fingerprint density at radius 3 is 2.87 bits per heavy atom. The molecule has 2 rings (SSSR count). The maximum absolute atomic E-state index is 12.2. The zero-order valence-electron chi connectivity index (χ0n) is 14.0. The van der Waals surface area contributed by atoms with Crippen LogP contribution in [-0.4, -0.2) is 50.9 Å². The van der Waals surface area contributed by atoms with Gasteiger partial charge in [0.2, 0.25) is 5.91 Å². The molecule has 1 heterocycles. The highest BCUT2D eigenvalue weighted by molar-refractivity contribution is 7.99. The van der Waals surface area contributed by atoms with E-state index in [-0.39, 0.29) is 18.6 Å². The fourth-order valence-corrected chi connectivity index (χ4v) is 3.05. The van der Waals surface area contributed by atoms with Crippen LogP contribution < -0.4 is 0 Å². The molecule has 1 atom stereocenters. The van der Waals surface area contributed by atoms with Crippen molar-refractivity contribution < 1.29 is 9.90 Å². The molecular formula is C17H23N3O2S. The SMILES string of the molecule is Cc1ccc(C)c(-n2ccnc2SCC(=O)N(C)C(C)CO)c1. The van der Waals surface area contributed by atoms with Gasteiger partial charge in [-0.3, -0.25) is 9.36 Å². The van der Waals surface area contributed by atoms with E-state index in [1.54, 1.807) is 18.1 Å². The second-order valence-electron chi connectivity index (χ2n) is 5.69. The molecule has 1 unspecified atom stereocenters. The molecule has 6 heteroatoms. The van der Waals surface area contributed by atoms with E-state index in [0.29, 0.717) is 5.75 Å². The first-order chi connectivity index (χ1) is 10.9. The third-order valence-corrected chi connectivity index (χ3v) is 4.83. The first-order valence-corrected chi connectivity index (χ1v) is 8.53. The minimum atomic E-state index is -0.179. The summed E-state index contributed by atoms with van der Waals surface area (Å²) in [6.45, 7) is 5.90. The molecule has 0 aliphatic rings. The Kier molecular flexibility index (Phi) is 5.85. The van der Waals surface area contributed by atoms with Crippen LogP contribution in [0.1, 0.15) is 18.1 Å². The molecule has 124 valence electrons. The Balaban J connectivity index is 2.13. The number of aliphatic hydroxyl groups is 1. The predicted molar refractivity (Wildman–Crippen MR) is 93.1 cm³/mol. The molecule has 0 saturated carbocycles. The first-order valence-electron chi connectivity index (χ1n) is 7.54. The number of aliphatic hydroxyl groups excluding tert-OH is 1. The Morgan fingerprint density at radius 1 is 1.43 bits per heavy atom. The number of aromatic nitrogens is 2. The van der Waals surface area contributed by atoms with Gasteiger partial charge in [-0.1, -0.05) is 23.9 Å². The molecule has 1 N–H and O–H groups in total. The zero-order valence-corrected chi connectivity index (χ0v) is 14.8. The van der Waals surface area contributed by atoms with Gasteiger partial charge < -0.3 is 10.0 Å². The van der Waals surface area contributed by atoms with Crippen LogP contribution in [0.4, 0.5) is 0 Å². The van der Waals surface area contributed by atoms with Crippen molar-refractivity contribution in [2.75, 3.05) is 19.4 Å². The first kappa shape index (κ1) is 17.6. The number of carbonyl (C=O) groups excluding carboxylic acids is 1. The van der Waals surface area contributed by atoms with Crippen LogP contribution in [0.15, 0.2) is 35.7 Å². The highest BCUT2D eigenvalue weighted by Crippen LogP contribution is 2.23. The fourth-order valence-electron chi connectivity index (χ4n) is 2.16. The van der Waals surface area contributed by atoms with Crippen LogP contribution in [0.5, 0.6) is 0 Å². The summed E-state index contributed by atoms with van der Waals surface area (Å²) < 4.78 is 2.01. The number of nitrogens with zero attached hydrogens (tertiary/aromatic N) is 3. The summed E-state index contributed by atoms with van der Waals surface area (Å²) in [5, 5.41) is 9.93. The van der Waals surface area contributed by atoms with E-state index in [1.165, 1.54) is 17.3 Å². The van der Waals surface area contributed by atoms with Gasteiger partial charge in [0.15, 0.2) is 5.16 Å². The van der Waals surface area contributed by atoms with Crippen molar-refractivity contribution in [2.24, 2.45) is 0 Å². The second-order valence-corrected chi connectivity index (χ2v) is 6.64. The van der Waals surface area contributed by atoms with Crippen LogP contribution in [0.2, 0.25) is 0 Å². The number of thioether (sulfide) groups is 1. The topological polar surface area (TPSA) is 58.4 Å². The average molecular weight is 333 g/mol. The van der Waals surface area contributed by atoms with Gasteiger partial charge in [-0.05, 0) is 38.0 Å². The normalized spacial score (nSPS) is 12.2. The Bertz CT molecular complexity index is 684. The molecular weight excluding hydrogens is 310 g/mol. The summed E-state index contributed by atoms with van der Waals surface area (Å²) in [5.41, 5.74) is 3.42. The molecule has 23 heavy (non-hydrogen) atoms. The van der Waals surface area contributed by atoms with Gasteiger partial charge in [0.25, 0.3) is 0 Å². The summed E-state index contributed by atoms with van der Waals surface area (Å²) in [5.74, 6) is 0.273. The number of likely N-dealkylation sites (N-methyl/N-ethyl adjacent to an activating group) is 1. The molecule has 1 aromatic heterocycles. The summed E-state index contributed by atoms with van der Waals surface area (Å²) in [7, 11) is 1.71. The van der Waals surface area contributed by atoms with Crippen molar-refractivity contribution in [3.63, 3.8) is 0 Å². The smallest absolute Gasteiger partial charge is 0.233 e. The number of hydrogen-bond acceptors (Lipinski definition) is 4. The molecule has 1 aromatic carbocycles. The minimum Gasteiger partial charge on any atom is -0.394 e. The Labute approximate surface area is 141 Å². The van der Waals surface area contributed by atoms with Crippen molar-refractivity contribution in [2.45, 2.75) is 32.0 Å². The van der Waals surface area contributed by atoms with Crippen LogP contribution in [0, 0.1) is 13.8 Å². The van der Waals surface area contributed by atoms with Gasteiger partial charge in [0.1, 0.15) is 0 Å². The van der Waals surface area contributed by atoms with Crippen molar-refractivity contribution in [3.8, 4) is 5.69 Å². The molecule has 5 nitrogen and oxygen atoms in total. The lowest BCUT2D eigenvalue weighted by Gasteiger charge is -2.22. The summed E-state index contributed by atoms with van der Waals surface area (Å²) >= 11 is 1.41. The van der Waals surface area contributed by atoms with Crippen LogP contribution >= 0.6 is 11.8 Å². The number of carbonyl (C=O) groups is 1. The quantitative estimate of drug-likeness (QED) is 0.825. The molecule has 1 amide bonds. The van der Waals surface area contributed by atoms with Crippen LogP contribution in [0.3, 0.4) is 0 Å². The number of hydrogen-bond donors (Lipinski definition) is 1. The molecule has 0 aliphatic heterocycles. The maximum Gasteiger partial charge on any atom is 0.233 e. The predicted octanol–water partition coefficient (Wildman–Crippen LogP) is 2.42. The van der Waals surface area contributed by atoms with E-state index in [2.05, 4.69) is 37.0 Å².